The van der Waals surface area contributed by atoms with Gasteiger partial charge >= 0.3 is 0 Å². The van der Waals surface area contributed by atoms with E-state index < -0.39 is 0 Å². The van der Waals surface area contributed by atoms with Crippen LogP contribution in [-0.4, -0.2) is 20.3 Å². The molecule has 1 aromatic carbocycles. The van der Waals surface area contributed by atoms with Gasteiger partial charge in [0.25, 0.3) is 0 Å². The van der Waals surface area contributed by atoms with Crippen molar-refractivity contribution in [1.82, 2.24) is 0 Å². The minimum atomic E-state index is 0.234. The summed E-state index contributed by atoms with van der Waals surface area (Å²) in [6, 6.07) is 5.79. The van der Waals surface area contributed by atoms with Crippen LogP contribution in [0.2, 0.25) is 0 Å². The second-order valence-electron chi connectivity index (χ2n) is 3.55. The number of methoxy groups -OCH3 is 2. The van der Waals surface area contributed by atoms with Gasteiger partial charge in [0.15, 0.2) is 11.5 Å². The molecule has 3 heteroatoms. The van der Waals surface area contributed by atoms with Gasteiger partial charge in [-0.2, -0.15) is 0 Å². The smallest absolute Gasteiger partial charge is 0.161 e. The van der Waals surface area contributed by atoms with E-state index in [9.17, 15) is 0 Å². The van der Waals surface area contributed by atoms with Crippen molar-refractivity contribution in [1.29, 1.82) is 0 Å². The first-order chi connectivity index (χ1) is 7.17. The lowest BCUT2D eigenvalue weighted by molar-refractivity contribution is 0.0655. The number of benzene rings is 1. The Morgan fingerprint density at radius 3 is 2.27 bits per heavy atom. The van der Waals surface area contributed by atoms with Crippen LogP contribution in [0.1, 0.15) is 19.4 Å². The second-order valence-corrected chi connectivity index (χ2v) is 3.55. The van der Waals surface area contributed by atoms with Gasteiger partial charge in [0.1, 0.15) is 0 Å². The van der Waals surface area contributed by atoms with Gasteiger partial charge in [0.05, 0.1) is 26.9 Å². The van der Waals surface area contributed by atoms with Gasteiger partial charge in [-0.3, -0.25) is 0 Å². The molecule has 0 aliphatic carbocycles. The highest BCUT2D eigenvalue weighted by Crippen LogP contribution is 2.27. The molecule has 0 saturated carbocycles. The zero-order valence-electron chi connectivity index (χ0n) is 9.74. The highest BCUT2D eigenvalue weighted by atomic mass is 16.5. The van der Waals surface area contributed by atoms with Gasteiger partial charge in [-0.15, -0.1) is 0 Å². The predicted octanol–water partition coefficient (Wildman–Crippen LogP) is 2.63. The summed E-state index contributed by atoms with van der Waals surface area (Å²) >= 11 is 0. The highest BCUT2D eigenvalue weighted by molar-refractivity contribution is 5.42. The first-order valence-corrected chi connectivity index (χ1v) is 5.00. The van der Waals surface area contributed by atoms with Crippen LogP contribution < -0.4 is 9.47 Å². The lowest BCUT2D eigenvalue weighted by atomic mass is 10.2. The molecule has 0 unspecified atom stereocenters. The number of ether oxygens (including phenoxy) is 3. The maximum atomic E-state index is 5.50. The largest absolute Gasteiger partial charge is 0.493 e. The van der Waals surface area contributed by atoms with Crippen molar-refractivity contribution in [3.63, 3.8) is 0 Å². The van der Waals surface area contributed by atoms with Crippen LogP contribution in [0.3, 0.4) is 0 Å². The molecule has 3 nitrogen and oxygen atoms in total. The Morgan fingerprint density at radius 2 is 1.73 bits per heavy atom. The molecule has 0 amide bonds. The van der Waals surface area contributed by atoms with Gasteiger partial charge in [0.2, 0.25) is 0 Å². The Morgan fingerprint density at radius 1 is 1.07 bits per heavy atom. The molecular formula is C12H18O3. The number of rotatable bonds is 5. The molecular weight excluding hydrogens is 192 g/mol. The Bertz CT molecular complexity index is 308. The maximum Gasteiger partial charge on any atom is 0.161 e. The average molecular weight is 210 g/mol. The van der Waals surface area contributed by atoms with Gasteiger partial charge in [0, 0.05) is 0 Å². The van der Waals surface area contributed by atoms with Crippen molar-refractivity contribution in [2.24, 2.45) is 0 Å². The van der Waals surface area contributed by atoms with E-state index in [1.165, 1.54) is 0 Å². The topological polar surface area (TPSA) is 27.7 Å². The van der Waals surface area contributed by atoms with Crippen molar-refractivity contribution in [2.75, 3.05) is 14.2 Å². The molecule has 0 fully saturated rings. The van der Waals surface area contributed by atoms with Crippen LogP contribution in [0.5, 0.6) is 11.5 Å². The van der Waals surface area contributed by atoms with E-state index in [-0.39, 0.29) is 6.10 Å². The van der Waals surface area contributed by atoms with Crippen molar-refractivity contribution < 1.29 is 14.2 Å². The third-order valence-electron chi connectivity index (χ3n) is 2.03. The summed E-state index contributed by atoms with van der Waals surface area (Å²) < 4.78 is 15.9. The molecule has 0 heterocycles. The third kappa shape index (κ3) is 3.44. The molecule has 0 saturated heterocycles. The minimum Gasteiger partial charge on any atom is -0.493 e. The molecule has 0 spiro atoms. The SMILES string of the molecule is COc1ccc(COC(C)C)cc1OC. The van der Waals surface area contributed by atoms with Crippen LogP contribution in [0.4, 0.5) is 0 Å². The fraction of sp³-hybridized carbons (Fsp3) is 0.500. The summed E-state index contributed by atoms with van der Waals surface area (Å²) in [4.78, 5) is 0. The molecule has 1 aromatic rings. The zero-order chi connectivity index (χ0) is 11.3. The fourth-order valence-corrected chi connectivity index (χ4v) is 1.23. The Kier molecular flexibility index (Phi) is 4.43. The predicted molar refractivity (Wildman–Crippen MR) is 59.5 cm³/mol. The van der Waals surface area contributed by atoms with Crippen LogP contribution >= 0.6 is 0 Å². The van der Waals surface area contributed by atoms with E-state index in [0.717, 1.165) is 17.1 Å². The number of hydrogen-bond acceptors (Lipinski definition) is 3. The molecule has 0 aromatic heterocycles. The summed E-state index contributed by atoms with van der Waals surface area (Å²) in [6.07, 6.45) is 0.234. The quantitative estimate of drug-likeness (QED) is 0.747. The summed E-state index contributed by atoms with van der Waals surface area (Å²) in [6.45, 7) is 4.62. The van der Waals surface area contributed by atoms with Crippen LogP contribution in [-0.2, 0) is 11.3 Å². The van der Waals surface area contributed by atoms with Crippen LogP contribution in [0.25, 0.3) is 0 Å². The van der Waals surface area contributed by atoms with Crippen LogP contribution in [0.15, 0.2) is 18.2 Å². The van der Waals surface area contributed by atoms with E-state index in [2.05, 4.69) is 0 Å². The summed E-state index contributed by atoms with van der Waals surface area (Å²) in [5.41, 5.74) is 1.08. The molecule has 0 aliphatic rings. The lowest BCUT2D eigenvalue weighted by Crippen LogP contribution is -2.02. The average Bonchev–Trinajstić information content (AvgIpc) is 2.25. The molecule has 0 radical (unpaired) electrons. The van der Waals surface area contributed by atoms with Gasteiger partial charge in [-0.25, -0.2) is 0 Å². The first-order valence-electron chi connectivity index (χ1n) is 5.00. The highest BCUT2D eigenvalue weighted by Gasteiger charge is 2.04. The normalized spacial score (nSPS) is 10.5. The molecule has 84 valence electrons. The van der Waals surface area contributed by atoms with E-state index in [1.54, 1.807) is 14.2 Å². The van der Waals surface area contributed by atoms with Gasteiger partial charge in [-0.05, 0) is 31.5 Å². The Labute approximate surface area is 91.0 Å². The fourth-order valence-electron chi connectivity index (χ4n) is 1.23. The molecule has 1 rings (SSSR count). The molecule has 15 heavy (non-hydrogen) atoms. The summed E-state index contributed by atoms with van der Waals surface area (Å²) in [7, 11) is 3.26. The molecule has 0 atom stereocenters. The van der Waals surface area contributed by atoms with Crippen molar-refractivity contribution in [3.8, 4) is 11.5 Å². The van der Waals surface area contributed by atoms with Crippen molar-refractivity contribution >= 4 is 0 Å². The molecule has 0 N–H and O–H groups in total. The first kappa shape index (κ1) is 11.9. The van der Waals surface area contributed by atoms with Gasteiger partial charge < -0.3 is 14.2 Å². The maximum absolute atomic E-state index is 5.50. The van der Waals surface area contributed by atoms with E-state index in [1.807, 2.05) is 32.0 Å². The standard InChI is InChI=1S/C12H18O3/c1-9(2)15-8-10-5-6-11(13-3)12(7-10)14-4/h5-7,9H,8H2,1-4H3. The van der Waals surface area contributed by atoms with E-state index in [0.29, 0.717) is 6.61 Å². The van der Waals surface area contributed by atoms with E-state index in [4.69, 9.17) is 14.2 Å². The monoisotopic (exact) mass is 210 g/mol. The molecule has 0 aliphatic heterocycles. The van der Waals surface area contributed by atoms with E-state index >= 15 is 0 Å². The summed E-state index contributed by atoms with van der Waals surface area (Å²) in [5, 5.41) is 0. The summed E-state index contributed by atoms with van der Waals surface area (Å²) in [5.74, 6) is 1.48. The minimum absolute atomic E-state index is 0.234. The number of hydrogen-bond donors (Lipinski definition) is 0. The Balaban J connectivity index is 2.74. The van der Waals surface area contributed by atoms with Crippen molar-refractivity contribution in [2.45, 2.75) is 26.6 Å². The zero-order valence-corrected chi connectivity index (χ0v) is 9.74. The van der Waals surface area contributed by atoms with Gasteiger partial charge in [-0.1, -0.05) is 6.07 Å². The van der Waals surface area contributed by atoms with Crippen LogP contribution in [0, 0.1) is 0 Å². The Hall–Kier alpha value is -1.22. The molecule has 0 bridgehead atoms. The lowest BCUT2D eigenvalue weighted by Gasteiger charge is -2.11. The third-order valence-corrected chi connectivity index (χ3v) is 2.03. The van der Waals surface area contributed by atoms with Crippen molar-refractivity contribution in [3.05, 3.63) is 23.8 Å². The second kappa shape index (κ2) is 5.61.